The average Bonchev–Trinajstić information content (AvgIpc) is 3.17. The first-order valence-corrected chi connectivity index (χ1v) is 9.60. The number of non-ortho nitro benzene ring substituents is 1. The largest absolute Gasteiger partial charge is 0.494 e. The van der Waals surface area contributed by atoms with Gasteiger partial charge in [0.05, 0.1) is 17.1 Å². The van der Waals surface area contributed by atoms with Crippen LogP contribution in [-0.4, -0.2) is 32.2 Å². The zero-order chi connectivity index (χ0) is 22.1. The first kappa shape index (κ1) is 20.1. The Balaban J connectivity index is 1.82. The summed E-state index contributed by atoms with van der Waals surface area (Å²) in [5, 5.41) is 18.7. The summed E-state index contributed by atoms with van der Waals surface area (Å²) in [5.74, 6) is 0.822. The number of nitrogens with zero attached hydrogens (tertiary/aromatic N) is 4. The van der Waals surface area contributed by atoms with Crippen LogP contribution >= 0.6 is 0 Å². The van der Waals surface area contributed by atoms with E-state index >= 15 is 0 Å². The average molecular weight is 420 g/mol. The molecular weight excluding hydrogens is 400 g/mol. The molecule has 1 atom stereocenters. The molecule has 2 aromatic carbocycles. The number of nitro benzene ring substituents is 1. The smallest absolute Gasteiger partial charge is 0.270 e. The van der Waals surface area contributed by atoms with Gasteiger partial charge in [-0.3, -0.25) is 14.9 Å². The maximum absolute atomic E-state index is 12.3. The molecule has 31 heavy (non-hydrogen) atoms. The molecule has 1 aliphatic rings. The van der Waals surface area contributed by atoms with E-state index in [2.05, 4.69) is 15.4 Å². The van der Waals surface area contributed by atoms with E-state index in [0.717, 1.165) is 5.56 Å². The van der Waals surface area contributed by atoms with Gasteiger partial charge in [-0.25, -0.2) is 4.68 Å². The molecule has 2 heterocycles. The number of rotatable bonds is 6. The van der Waals surface area contributed by atoms with Crippen molar-refractivity contribution in [2.24, 2.45) is 5.73 Å². The number of ether oxygens (including phenoxy) is 1. The van der Waals surface area contributed by atoms with Crippen LogP contribution in [-0.2, 0) is 4.79 Å². The lowest BCUT2D eigenvalue weighted by Gasteiger charge is -2.27. The third-order valence-corrected chi connectivity index (χ3v) is 4.94. The molecule has 0 spiro atoms. The van der Waals surface area contributed by atoms with Crippen molar-refractivity contribution in [1.82, 2.24) is 14.8 Å². The van der Waals surface area contributed by atoms with Crippen molar-refractivity contribution in [1.29, 1.82) is 0 Å². The standard InChI is InChI=1S/C21H20N6O4/c1-3-31-16-9-7-13(8-10-16)18-17(19(22)28)12(2)23-21-24-20(25-26(18)21)14-5-4-6-15(11-14)27(29)30/h4-11,18H,3H2,1-2H3,(H2,22,28)(H,23,24,25). The third kappa shape index (κ3) is 3.70. The minimum Gasteiger partial charge on any atom is -0.494 e. The number of nitro groups is 1. The number of nitrogens with one attached hydrogen (secondary N) is 1. The summed E-state index contributed by atoms with van der Waals surface area (Å²) >= 11 is 0. The Hall–Kier alpha value is -4.21. The third-order valence-electron chi connectivity index (χ3n) is 4.94. The molecule has 4 rings (SSSR count). The second-order valence-electron chi connectivity index (χ2n) is 6.94. The lowest BCUT2D eigenvalue weighted by atomic mass is 9.95. The zero-order valence-corrected chi connectivity index (χ0v) is 16.9. The van der Waals surface area contributed by atoms with E-state index in [0.29, 0.717) is 41.0 Å². The van der Waals surface area contributed by atoms with Crippen LogP contribution in [0.3, 0.4) is 0 Å². The van der Waals surface area contributed by atoms with Crippen LogP contribution in [0.15, 0.2) is 59.8 Å². The van der Waals surface area contributed by atoms with Crippen LogP contribution in [0.4, 0.5) is 11.6 Å². The quantitative estimate of drug-likeness (QED) is 0.462. The van der Waals surface area contributed by atoms with Crippen LogP contribution in [0.25, 0.3) is 11.4 Å². The molecule has 3 aromatic rings. The number of carbonyl (C=O) groups is 1. The van der Waals surface area contributed by atoms with E-state index in [1.54, 1.807) is 23.7 Å². The predicted octanol–water partition coefficient (Wildman–Crippen LogP) is 3.03. The van der Waals surface area contributed by atoms with Crippen molar-refractivity contribution >= 4 is 17.5 Å². The molecule has 0 bridgehead atoms. The Kier molecular flexibility index (Phi) is 5.12. The molecule has 0 fully saturated rings. The fraction of sp³-hybridized carbons (Fsp3) is 0.190. The first-order valence-electron chi connectivity index (χ1n) is 9.60. The van der Waals surface area contributed by atoms with E-state index < -0.39 is 16.9 Å². The van der Waals surface area contributed by atoms with Gasteiger partial charge in [-0.2, -0.15) is 4.98 Å². The van der Waals surface area contributed by atoms with E-state index in [4.69, 9.17) is 10.5 Å². The van der Waals surface area contributed by atoms with Gasteiger partial charge in [-0.1, -0.05) is 24.3 Å². The minimum atomic E-state index is -0.607. The number of benzene rings is 2. The molecule has 0 aliphatic carbocycles. The number of primary amides is 1. The molecule has 1 aromatic heterocycles. The van der Waals surface area contributed by atoms with Gasteiger partial charge in [0.1, 0.15) is 11.8 Å². The molecule has 1 unspecified atom stereocenters. The molecule has 1 aliphatic heterocycles. The summed E-state index contributed by atoms with van der Waals surface area (Å²) in [6.07, 6.45) is 0. The highest BCUT2D eigenvalue weighted by atomic mass is 16.6. The summed E-state index contributed by atoms with van der Waals surface area (Å²) in [5.41, 5.74) is 7.81. The number of amides is 1. The van der Waals surface area contributed by atoms with Crippen molar-refractivity contribution in [3.8, 4) is 17.1 Å². The van der Waals surface area contributed by atoms with Gasteiger partial charge in [0, 0.05) is 23.4 Å². The topological polar surface area (TPSA) is 138 Å². The maximum Gasteiger partial charge on any atom is 0.270 e. The van der Waals surface area contributed by atoms with Crippen molar-refractivity contribution in [3.63, 3.8) is 0 Å². The van der Waals surface area contributed by atoms with Gasteiger partial charge in [-0.15, -0.1) is 5.10 Å². The minimum absolute atomic E-state index is 0.0616. The number of anilines is 1. The molecule has 10 nitrogen and oxygen atoms in total. The van der Waals surface area contributed by atoms with E-state index in [-0.39, 0.29) is 5.69 Å². The SMILES string of the molecule is CCOc1ccc(C2C(C(N)=O)=C(C)Nc3nc(-c4cccc([N+](=O)[O-])c4)nn32)cc1. The van der Waals surface area contributed by atoms with E-state index in [9.17, 15) is 14.9 Å². The predicted molar refractivity (Wildman–Crippen MR) is 113 cm³/mol. The number of aromatic nitrogens is 3. The molecule has 1 amide bonds. The fourth-order valence-electron chi connectivity index (χ4n) is 3.57. The highest BCUT2D eigenvalue weighted by Gasteiger charge is 2.33. The van der Waals surface area contributed by atoms with Crippen LogP contribution in [0.2, 0.25) is 0 Å². The Morgan fingerprint density at radius 1 is 1.29 bits per heavy atom. The van der Waals surface area contributed by atoms with E-state index in [1.807, 2.05) is 31.2 Å². The zero-order valence-electron chi connectivity index (χ0n) is 16.9. The summed E-state index contributed by atoms with van der Waals surface area (Å²) in [7, 11) is 0. The summed E-state index contributed by atoms with van der Waals surface area (Å²) in [6, 6.07) is 12.8. The number of fused-ring (bicyclic) bond motifs is 1. The Bertz CT molecular complexity index is 1200. The maximum atomic E-state index is 12.3. The molecule has 0 radical (unpaired) electrons. The highest BCUT2D eigenvalue weighted by molar-refractivity contribution is 5.95. The van der Waals surface area contributed by atoms with Crippen LogP contribution in [0, 0.1) is 10.1 Å². The monoisotopic (exact) mass is 420 g/mol. The number of hydrogen-bond donors (Lipinski definition) is 2. The van der Waals surface area contributed by atoms with E-state index in [1.165, 1.54) is 12.1 Å². The van der Waals surface area contributed by atoms with Gasteiger partial charge in [0.25, 0.3) is 5.69 Å². The van der Waals surface area contributed by atoms with Crippen molar-refractivity contribution in [3.05, 3.63) is 75.5 Å². The molecule has 10 heteroatoms. The summed E-state index contributed by atoms with van der Waals surface area (Å²) in [6.45, 7) is 4.18. The number of hydrogen-bond acceptors (Lipinski definition) is 7. The molecule has 0 saturated heterocycles. The number of allylic oxidation sites excluding steroid dienone is 1. The van der Waals surface area contributed by atoms with Gasteiger partial charge in [0.2, 0.25) is 11.9 Å². The van der Waals surface area contributed by atoms with Crippen molar-refractivity contribution < 1.29 is 14.5 Å². The first-order chi connectivity index (χ1) is 14.9. The van der Waals surface area contributed by atoms with Crippen LogP contribution in [0.1, 0.15) is 25.5 Å². The molecular formula is C21H20N6O4. The highest BCUT2D eigenvalue weighted by Crippen LogP contribution is 2.36. The van der Waals surface area contributed by atoms with Gasteiger partial charge < -0.3 is 15.8 Å². The van der Waals surface area contributed by atoms with Crippen molar-refractivity contribution in [2.75, 3.05) is 11.9 Å². The Labute approximate surface area is 177 Å². The van der Waals surface area contributed by atoms with Crippen molar-refractivity contribution in [2.45, 2.75) is 19.9 Å². The molecule has 3 N–H and O–H groups in total. The fourth-order valence-corrected chi connectivity index (χ4v) is 3.57. The van der Waals surface area contributed by atoms with Gasteiger partial charge in [-0.05, 0) is 31.5 Å². The number of nitrogens with two attached hydrogens (primary N) is 1. The lowest BCUT2D eigenvalue weighted by Crippen LogP contribution is -2.31. The second-order valence-corrected chi connectivity index (χ2v) is 6.94. The molecule has 158 valence electrons. The summed E-state index contributed by atoms with van der Waals surface area (Å²) in [4.78, 5) is 27.4. The van der Waals surface area contributed by atoms with Crippen LogP contribution < -0.4 is 15.8 Å². The van der Waals surface area contributed by atoms with Gasteiger partial charge in [0.15, 0.2) is 5.82 Å². The lowest BCUT2D eigenvalue weighted by molar-refractivity contribution is -0.384. The number of carbonyl (C=O) groups excluding carboxylic acids is 1. The normalized spacial score (nSPS) is 15.2. The Morgan fingerprint density at radius 2 is 2.03 bits per heavy atom. The van der Waals surface area contributed by atoms with Crippen LogP contribution in [0.5, 0.6) is 5.75 Å². The second kappa shape index (κ2) is 7.90. The molecule has 0 saturated carbocycles. The van der Waals surface area contributed by atoms with Gasteiger partial charge >= 0.3 is 0 Å². The summed E-state index contributed by atoms with van der Waals surface area (Å²) < 4.78 is 7.07. The Morgan fingerprint density at radius 3 is 2.68 bits per heavy atom.